The van der Waals surface area contributed by atoms with Crippen molar-refractivity contribution in [3.63, 3.8) is 0 Å². The summed E-state index contributed by atoms with van der Waals surface area (Å²) in [5.41, 5.74) is 6.02. The van der Waals surface area contributed by atoms with Crippen molar-refractivity contribution in [2.75, 3.05) is 28.7 Å². The smallest absolute Gasteiger partial charge is 0.330 e. The molecule has 2 aromatic rings. The van der Waals surface area contributed by atoms with Crippen LogP contribution in [0.3, 0.4) is 0 Å². The molecule has 0 saturated heterocycles. The Morgan fingerprint density at radius 3 is 2.57 bits per heavy atom. The van der Waals surface area contributed by atoms with Gasteiger partial charge in [-0.3, -0.25) is 19.1 Å². The number of nitrogens with zero attached hydrogens (tertiary/aromatic N) is 2. The van der Waals surface area contributed by atoms with Gasteiger partial charge >= 0.3 is 5.69 Å². The van der Waals surface area contributed by atoms with E-state index in [2.05, 4.69) is 25.8 Å². The van der Waals surface area contributed by atoms with Crippen molar-refractivity contribution in [2.24, 2.45) is 5.92 Å². The van der Waals surface area contributed by atoms with E-state index in [1.165, 1.54) is 9.47 Å². The van der Waals surface area contributed by atoms with Gasteiger partial charge in [-0.15, -0.1) is 0 Å². The second-order valence-electron chi connectivity index (χ2n) is 7.70. The number of rotatable bonds is 11. The Balaban J connectivity index is 2.40. The number of benzene rings is 1. The summed E-state index contributed by atoms with van der Waals surface area (Å²) in [6.45, 7) is 6.81. The van der Waals surface area contributed by atoms with E-state index in [1.807, 2.05) is 30.3 Å². The van der Waals surface area contributed by atoms with Crippen molar-refractivity contribution < 1.29 is 4.79 Å². The van der Waals surface area contributed by atoms with Crippen LogP contribution in [0.25, 0.3) is 0 Å². The quantitative estimate of drug-likeness (QED) is 0.532. The molecule has 0 aliphatic heterocycles. The first kappa shape index (κ1) is 23.8. The van der Waals surface area contributed by atoms with E-state index in [0.717, 1.165) is 30.6 Å². The van der Waals surface area contributed by atoms with Crippen LogP contribution in [0.4, 0.5) is 11.5 Å². The molecular formula is C22H32N4O3S. The van der Waals surface area contributed by atoms with E-state index in [-0.39, 0.29) is 29.7 Å². The van der Waals surface area contributed by atoms with E-state index in [1.54, 1.807) is 11.8 Å². The topological polar surface area (TPSA) is 101 Å². The van der Waals surface area contributed by atoms with Crippen molar-refractivity contribution in [1.29, 1.82) is 0 Å². The monoisotopic (exact) mass is 432 g/mol. The molecule has 1 aromatic heterocycles. The maximum Gasteiger partial charge on any atom is 0.330 e. The summed E-state index contributed by atoms with van der Waals surface area (Å²) in [5, 5.41) is 0. The van der Waals surface area contributed by atoms with Crippen LogP contribution in [0.15, 0.2) is 39.9 Å². The van der Waals surface area contributed by atoms with Crippen LogP contribution in [-0.2, 0) is 11.3 Å². The number of aromatic amines is 1. The number of hydrogen-bond acceptors (Lipinski definition) is 5. The highest BCUT2D eigenvalue weighted by Gasteiger charge is 2.24. The van der Waals surface area contributed by atoms with Crippen LogP contribution >= 0.6 is 11.8 Å². The van der Waals surface area contributed by atoms with Crippen molar-refractivity contribution in [2.45, 2.75) is 46.6 Å². The van der Waals surface area contributed by atoms with Gasteiger partial charge in [-0.05, 0) is 30.1 Å². The zero-order valence-corrected chi connectivity index (χ0v) is 18.8. The van der Waals surface area contributed by atoms with Gasteiger partial charge in [0.1, 0.15) is 5.82 Å². The van der Waals surface area contributed by atoms with Crippen LogP contribution in [0.2, 0.25) is 0 Å². The third-order valence-corrected chi connectivity index (χ3v) is 5.79. The molecule has 0 aliphatic carbocycles. The third-order valence-electron chi connectivity index (χ3n) is 4.77. The van der Waals surface area contributed by atoms with Crippen molar-refractivity contribution in [3.8, 4) is 0 Å². The first-order valence-electron chi connectivity index (χ1n) is 10.4. The molecule has 0 unspecified atom stereocenters. The van der Waals surface area contributed by atoms with Crippen LogP contribution in [-0.4, -0.2) is 33.5 Å². The first-order chi connectivity index (χ1) is 14.3. The molecule has 2 rings (SSSR count). The van der Waals surface area contributed by atoms with Crippen LogP contribution in [0.5, 0.6) is 0 Å². The Kier molecular flexibility index (Phi) is 9.23. The molecule has 1 heterocycles. The van der Waals surface area contributed by atoms with Gasteiger partial charge in [-0.25, -0.2) is 4.79 Å². The van der Waals surface area contributed by atoms with Crippen molar-refractivity contribution in [3.05, 3.63) is 56.7 Å². The van der Waals surface area contributed by atoms with Gasteiger partial charge < -0.3 is 10.6 Å². The van der Waals surface area contributed by atoms with Gasteiger partial charge in [0.25, 0.3) is 5.56 Å². The maximum absolute atomic E-state index is 13.0. The molecule has 164 valence electrons. The molecular weight excluding hydrogens is 400 g/mol. The number of carbonyl (C=O) groups is 1. The number of thioether (sulfide) groups is 1. The van der Waals surface area contributed by atoms with Crippen LogP contribution < -0.4 is 21.9 Å². The molecule has 30 heavy (non-hydrogen) atoms. The SMILES string of the molecule is CCCCSCC(=O)N(CCC(C)C)c1c(N)n(Cc2ccccc2)c(=O)[nH]c1=O. The van der Waals surface area contributed by atoms with Gasteiger partial charge in [0, 0.05) is 6.54 Å². The second kappa shape index (κ2) is 11.6. The fourth-order valence-electron chi connectivity index (χ4n) is 2.99. The maximum atomic E-state index is 13.0. The molecule has 1 amide bonds. The molecule has 8 heteroatoms. The Morgan fingerprint density at radius 1 is 1.23 bits per heavy atom. The zero-order chi connectivity index (χ0) is 22.1. The molecule has 3 N–H and O–H groups in total. The number of amides is 1. The van der Waals surface area contributed by atoms with E-state index >= 15 is 0 Å². The Hall–Kier alpha value is -2.48. The molecule has 0 saturated carbocycles. The number of hydrogen-bond donors (Lipinski definition) is 2. The Labute approximate surface area is 181 Å². The molecule has 0 fully saturated rings. The molecule has 0 atom stereocenters. The summed E-state index contributed by atoms with van der Waals surface area (Å²) >= 11 is 1.55. The van der Waals surface area contributed by atoms with Crippen molar-refractivity contribution >= 4 is 29.2 Å². The van der Waals surface area contributed by atoms with E-state index in [4.69, 9.17) is 5.73 Å². The summed E-state index contributed by atoms with van der Waals surface area (Å²) in [5.74, 6) is 1.36. The van der Waals surface area contributed by atoms with E-state index in [0.29, 0.717) is 12.5 Å². The number of anilines is 2. The summed E-state index contributed by atoms with van der Waals surface area (Å²) in [4.78, 5) is 41.9. The highest BCUT2D eigenvalue weighted by Crippen LogP contribution is 2.20. The van der Waals surface area contributed by atoms with Gasteiger partial charge in [0.15, 0.2) is 5.69 Å². The highest BCUT2D eigenvalue weighted by molar-refractivity contribution is 7.99. The predicted octanol–water partition coefficient (Wildman–Crippen LogP) is 3.08. The molecule has 0 bridgehead atoms. The lowest BCUT2D eigenvalue weighted by Gasteiger charge is -2.25. The normalized spacial score (nSPS) is 11.1. The van der Waals surface area contributed by atoms with Crippen LogP contribution in [0.1, 0.15) is 45.6 Å². The standard InChI is InChI=1S/C22H32N4O3S/c1-4-5-13-30-15-18(27)25(12-11-16(2)3)19-20(23)26(22(29)24-21(19)28)14-17-9-7-6-8-10-17/h6-10,16H,4-5,11-15,23H2,1-3H3,(H,24,28,29). The number of nitrogens with one attached hydrogen (secondary N) is 1. The number of unbranched alkanes of at least 4 members (excludes halogenated alkanes) is 1. The van der Waals surface area contributed by atoms with E-state index < -0.39 is 11.2 Å². The lowest BCUT2D eigenvalue weighted by atomic mass is 10.1. The van der Waals surface area contributed by atoms with Crippen LogP contribution in [0, 0.1) is 5.92 Å². The van der Waals surface area contributed by atoms with E-state index in [9.17, 15) is 14.4 Å². The molecule has 7 nitrogen and oxygen atoms in total. The molecule has 0 radical (unpaired) electrons. The minimum atomic E-state index is -0.627. The summed E-state index contributed by atoms with van der Waals surface area (Å²) in [7, 11) is 0. The van der Waals surface area contributed by atoms with Gasteiger partial charge in [0.05, 0.1) is 12.3 Å². The van der Waals surface area contributed by atoms with Gasteiger partial charge in [-0.2, -0.15) is 11.8 Å². The average Bonchev–Trinajstić information content (AvgIpc) is 2.71. The number of carbonyl (C=O) groups excluding carboxylic acids is 1. The predicted molar refractivity (Wildman–Crippen MR) is 125 cm³/mol. The number of H-pyrrole nitrogens is 1. The van der Waals surface area contributed by atoms with Crippen molar-refractivity contribution in [1.82, 2.24) is 9.55 Å². The first-order valence-corrected chi connectivity index (χ1v) is 11.5. The second-order valence-corrected chi connectivity index (χ2v) is 8.80. The third kappa shape index (κ3) is 6.52. The largest absolute Gasteiger partial charge is 0.383 e. The lowest BCUT2D eigenvalue weighted by molar-refractivity contribution is -0.116. The Morgan fingerprint density at radius 2 is 1.93 bits per heavy atom. The van der Waals surface area contributed by atoms with Gasteiger partial charge in [-0.1, -0.05) is 57.5 Å². The minimum Gasteiger partial charge on any atom is -0.383 e. The lowest BCUT2D eigenvalue weighted by Crippen LogP contribution is -2.42. The Bertz CT molecular complexity index is 938. The zero-order valence-electron chi connectivity index (χ0n) is 18.0. The minimum absolute atomic E-state index is 0.0169. The average molecular weight is 433 g/mol. The molecule has 0 spiro atoms. The fraction of sp³-hybridized carbons (Fsp3) is 0.500. The fourth-order valence-corrected chi connectivity index (χ4v) is 3.96. The summed E-state index contributed by atoms with van der Waals surface area (Å²) in [6.07, 6.45) is 2.83. The summed E-state index contributed by atoms with van der Waals surface area (Å²) in [6, 6.07) is 9.38. The number of aromatic nitrogens is 2. The summed E-state index contributed by atoms with van der Waals surface area (Å²) < 4.78 is 1.31. The number of nitrogens with two attached hydrogens (primary N) is 1. The molecule has 1 aromatic carbocycles. The van der Waals surface area contributed by atoms with Gasteiger partial charge in [0.2, 0.25) is 5.91 Å². The highest BCUT2D eigenvalue weighted by atomic mass is 32.2. The molecule has 0 aliphatic rings. The number of nitrogen functional groups attached to an aromatic ring is 1.